The molecule has 2 heterocycles. The number of benzene rings is 3. The van der Waals surface area contributed by atoms with E-state index in [0.717, 1.165) is 21.7 Å². The van der Waals surface area contributed by atoms with E-state index in [1.165, 1.54) is 42.5 Å². The van der Waals surface area contributed by atoms with Crippen molar-refractivity contribution in [1.82, 2.24) is 14.5 Å². The zero-order valence-corrected chi connectivity index (χ0v) is 18.7. The fourth-order valence-electron chi connectivity index (χ4n) is 3.68. The molecule has 0 unspecified atom stereocenters. The van der Waals surface area contributed by atoms with Crippen LogP contribution < -0.4 is 10.9 Å². The van der Waals surface area contributed by atoms with Gasteiger partial charge in [0.2, 0.25) is 5.91 Å². The van der Waals surface area contributed by atoms with E-state index in [-0.39, 0.29) is 27.8 Å². The standard InChI is InChI=1S/C24H16FN5O4S/c25-17-6-2-4-8-19(17)29-23(32)22-21(16-5-1-3-7-18(16)27-22)28-24(29)35-13-20(31)26-14-9-11-15(12-10-14)30(33)34/h1-12,27H,13H2,(H,26,31). The van der Waals surface area contributed by atoms with E-state index >= 15 is 0 Å². The molecule has 5 rings (SSSR count). The predicted octanol–water partition coefficient (Wildman–Crippen LogP) is 4.65. The Bertz CT molecular complexity index is 1660. The number of anilines is 1. The summed E-state index contributed by atoms with van der Waals surface area (Å²) in [6.07, 6.45) is 0. The maximum atomic E-state index is 14.7. The second-order valence-electron chi connectivity index (χ2n) is 7.52. The van der Waals surface area contributed by atoms with Gasteiger partial charge in [-0.15, -0.1) is 0 Å². The van der Waals surface area contributed by atoms with Crippen LogP contribution >= 0.6 is 11.8 Å². The minimum absolute atomic E-state index is 0.0174. The zero-order valence-electron chi connectivity index (χ0n) is 17.9. The number of carbonyl (C=O) groups excluding carboxylic acids is 1. The minimum atomic E-state index is -0.607. The van der Waals surface area contributed by atoms with Gasteiger partial charge in [-0.3, -0.25) is 24.3 Å². The number of thioether (sulfide) groups is 1. The van der Waals surface area contributed by atoms with Crippen molar-refractivity contribution in [3.05, 3.63) is 99.1 Å². The van der Waals surface area contributed by atoms with Crippen molar-refractivity contribution in [3.63, 3.8) is 0 Å². The summed E-state index contributed by atoms with van der Waals surface area (Å²) in [5.41, 5.74) is 1.18. The first kappa shape index (κ1) is 22.3. The lowest BCUT2D eigenvalue weighted by Crippen LogP contribution is -2.23. The van der Waals surface area contributed by atoms with Crippen molar-refractivity contribution in [2.24, 2.45) is 0 Å². The molecule has 0 radical (unpaired) electrons. The van der Waals surface area contributed by atoms with E-state index in [2.05, 4.69) is 15.3 Å². The Morgan fingerprint density at radius 1 is 1.09 bits per heavy atom. The Labute approximate surface area is 200 Å². The average Bonchev–Trinajstić information content (AvgIpc) is 3.23. The van der Waals surface area contributed by atoms with Crippen LogP contribution in [0.3, 0.4) is 0 Å². The molecule has 1 amide bonds. The lowest BCUT2D eigenvalue weighted by atomic mass is 10.2. The summed E-state index contributed by atoms with van der Waals surface area (Å²) in [5.74, 6) is -1.16. The SMILES string of the molecule is O=C(CSc1nc2c([nH]c3ccccc32)c(=O)n1-c1ccccc1F)Nc1ccc([N+](=O)[O-])cc1. The quantitative estimate of drug-likeness (QED) is 0.155. The van der Waals surface area contributed by atoms with Crippen LogP contribution in [0.2, 0.25) is 0 Å². The number of para-hydroxylation sites is 2. The molecule has 0 aliphatic carbocycles. The lowest BCUT2D eigenvalue weighted by molar-refractivity contribution is -0.384. The fraction of sp³-hybridized carbons (Fsp3) is 0.0417. The van der Waals surface area contributed by atoms with Crippen molar-refractivity contribution < 1.29 is 14.1 Å². The normalized spacial score (nSPS) is 11.1. The largest absolute Gasteiger partial charge is 0.349 e. The Kier molecular flexibility index (Phi) is 5.75. The first-order valence-electron chi connectivity index (χ1n) is 10.4. The van der Waals surface area contributed by atoms with E-state index in [9.17, 15) is 24.1 Å². The predicted molar refractivity (Wildman–Crippen MR) is 132 cm³/mol. The number of aromatic nitrogens is 3. The molecule has 3 aromatic carbocycles. The summed E-state index contributed by atoms with van der Waals surface area (Å²) in [4.78, 5) is 44.0. The third-order valence-electron chi connectivity index (χ3n) is 5.28. The van der Waals surface area contributed by atoms with E-state index in [1.807, 2.05) is 24.3 Å². The number of carbonyl (C=O) groups is 1. The molecule has 2 N–H and O–H groups in total. The van der Waals surface area contributed by atoms with Crippen LogP contribution in [0.1, 0.15) is 0 Å². The van der Waals surface area contributed by atoms with Crippen molar-refractivity contribution in [1.29, 1.82) is 0 Å². The number of rotatable bonds is 6. The maximum absolute atomic E-state index is 14.7. The van der Waals surface area contributed by atoms with E-state index in [1.54, 1.807) is 6.07 Å². The first-order chi connectivity index (χ1) is 16.9. The van der Waals surface area contributed by atoms with Gasteiger partial charge in [-0.25, -0.2) is 9.37 Å². The number of nitrogens with zero attached hydrogens (tertiary/aromatic N) is 3. The first-order valence-corrected chi connectivity index (χ1v) is 11.4. The van der Waals surface area contributed by atoms with Crippen molar-refractivity contribution in [2.45, 2.75) is 5.16 Å². The van der Waals surface area contributed by atoms with E-state index in [0.29, 0.717) is 16.7 Å². The second-order valence-corrected chi connectivity index (χ2v) is 8.46. The van der Waals surface area contributed by atoms with Gasteiger partial charge in [0.05, 0.1) is 16.4 Å². The van der Waals surface area contributed by atoms with Crippen LogP contribution in [-0.2, 0) is 4.79 Å². The molecule has 0 aliphatic rings. The number of hydrogen-bond acceptors (Lipinski definition) is 6. The summed E-state index contributed by atoms with van der Waals surface area (Å²) in [6, 6.07) is 18.5. The van der Waals surface area contributed by atoms with Gasteiger partial charge in [-0.2, -0.15) is 0 Å². The molecule has 5 aromatic rings. The molecule has 0 atom stereocenters. The Morgan fingerprint density at radius 3 is 2.54 bits per heavy atom. The number of hydrogen-bond donors (Lipinski definition) is 2. The van der Waals surface area contributed by atoms with Gasteiger partial charge in [0.1, 0.15) is 16.9 Å². The molecule has 35 heavy (non-hydrogen) atoms. The molecule has 0 spiro atoms. The summed E-state index contributed by atoms with van der Waals surface area (Å²) >= 11 is 0.978. The number of non-ortho nitro benzene ring substituents is 1. The molecule has 0 aliphatic heterocycles. The highest BCUT2D eigenvalue weighted by Crippen LogP contribution is 2.27. The summed E-state index contributed by atoms with van der Waals surface area (Å²) in [6.45, 7) is 0. The number of nitro groups is 1. The van der Waals surface area contributed by atoms with Crippen molar-refractivity contribution in [2.75, 3.05) is 11.1 Å². The molecule has 11 heteroatoms. The number of nitrogens with one attached hydrogen (secondary N) is 2. The highest BCUT2D eigenvalue weighted by Gasteiger charge is 2.20. The third kappa shape index (κ3) is 4.24. The number of aromatic amines is 1. The molecule has 0 bridgehead atoms. The number of amides is 1. The minimum Gasteiger partial charge on any atom is -0.349 e. The number of nitro benzene ring substituents is 1. The van der Waals surface area contributed by atoms with Crippen LogP contribution in [0.5, 0.6) is 0 Å². The highest BCUT2D eigenvalue weighted by atomic mass is 32.2. The van der Waals surface area contributed by atoms with Crippen molar-refractivity contribution >= 4 is 51.0 Å². The van der Waals surface area contributed by atoms with Gasteiger partial charge in [0, 0.05) is 28.7 Å². The Morgan fingerprint density at radius 2 is 1.80 bits per heavy atom. The van der Waals surface area contributed by atoms with Crippen LogP contribution in [0, 0.1) is 15.9 Å². The molecular formula is C24H16FN5O4S. The molecule has 9 nitrogen and oxygen atoms in total. The van der Waals surface area contributed by atoms with E-state index < -0.39 is 22.2 Å². The molecule has 2 aromatic heterocycles. The Balaban J connectivity index is 1.51. The molecule has 0 saturated heterocycles. The average molecular weight is 489 g/mol. The topological polar surface area (TPSA) is 123 Å². The van der Waals surface area contributed by atoms with Crippen LogP contribution in [0.4, 0.5) is 15.8 Å². The zero-order chi connectivity index (χ0) is 24.5. The van der Waals surface area contributed by atoms with Crippen molar-refractivity contribution in [3.8, 4) is 5.69 Å². The van der Waals surface area contributed by atoms with Gasteiger partial charge in [-0.1, -0.05) is 42.1 Å². The van der Waals surface area contributed by atoms with Crippen LogP contribution in [0.25, 0.3) is 27.6 Å². The van der Waals surface area contributed by atoms with Gasteiger partial charge in [0.25, 0.3) is 11.2 Å². The summed E-state index contributed by atoms with van der Waals surface area (Å²) in [5, 5.41) is 14.3. The maximum Gasteiger partial charge on any atom is 0.283 e. The van der Waals surface area contributed by atoms with Gasteiger partial charge >= 0.3 is 0 Å². The second kappa shape index (κ2) is 9.03. The fourth-order valence-corrected chi connectivity index (χ4v) is 4.48. The molecule has 0 fully saturated rings. The number of halogens is 1. The summed E-state index contributed by atoms with van der Waals surface area (Å²) < 4.78 is 15.8. The molecule has 174 valence electrons. The van der Waals surface area contributed by atoms with Gasteiger partial charge in [0.15, 0.2) is 5.16 Å². The van der Waals surface area contributed by atoms with Gasteiger partial charge < -0.3 is 10.3 Å². The molecule has 0 saturated carbocycles. The summed E-state index contributed by atoms with van der Waals surface area (Å²) in [7, 11) is 0. The van der Waals surface area contributed by atoms with Gasteiger partial charge in [-0.05, 0) is 30.3 Å². The van der Waals surface area contributed by atoms with Crippen LogP contribution in [-0.4, -0.2) is 31.1 Å². The Hall–Kier alpha value is -4.51. The van der Waals surface area contributed by atoms with Crippen LogP contribution in [0.15, 0.2) is 82.7 Å². The third-order valence-corrected chi connectivity index (χ3v) is 6.22. The number of fused-ring (bicyclic) bond motifs is 3. The van der Waals surface area contributed by atoms with E-state index in [4.69, 9.17) is 0 Å². The smallest absolute Gasteiger partial charge is 0.283 e. The highest BCUT2D eigenvalue weighted by molar-refractivity contribution is 7.99. The monoisotopic (exact) mass is 489 g/mol. The number of H-pyrrole nitrogens is 1. The molecular weight excluding hydrogens is 473 g/mol. The lowest BCUT2D eigenvalue weighted by Gasteiger charge is -2.13.